The molecular formula is C17H16ClF3N2O3S. The van der Waals surface area contributed by atoms with Gasteiger partial charge in [-0.25, -0.2) is 21.6 Å². The molecule has 0 aliphatic heterocycles. The van der Waals surface area contributed by atoms with E-state index in [1.807, 2.05) is 0 Å². The fraction of sp³-hybridized carbons (Fsp3) is 0.235. The molecule has 2 aromatic carbocycles. The van der Waals surface area contributed by atoms with E-state index < -0.39 is 39.4 Å². The minimum absolute atomic E-state index is 0.00353. The van der Waals surface area contributed by atoms with E-state index in [1.54, 1.807) is 6.92 Å². The van der Waals surface area contributed by atoms with Crippen LogP contribution in [0.2, 0.25) is 5.02 Å². The number of hydrogen-bond acceptors (Lipinski definition) is 3. The third kappa shape index (κ3) is 4.92. The summed E-state index contributed by atoms with van der Waals surface area (Å²) in [7, 11) is -3.95. The van der Waals surface area contributed by atoms with E-state index in [4.69, 9.17) is 11.6 Å². The molecule has 0 saturated heterocycles. The van der Waals surface area contributed by atoms with Crippen LogP contribution in [0.15, 0.2) is 36.4 Å². The Hall–Kier alpha value is -2.26. The highest BCUT2D eigenvalue weighted by molar-refractivity contribution is 7.92. The molecule has 0 spiro atoms. The molecule has 10 heteroatoms. The number of benzene rings is 2. The van der Waals surface area contributed by atoms with Crippen LogP contribution < -0.4 is 9.62 Å². The second kappa shape index (κ2) is 8.18. The Bertz CT molecular complexity index is 970. The molecule has 0 aliphatic rings. The molecule has 0 saturated carbocycles. The van der Waals surface area contributed by atoms with Crippen LogP contribution in [0, 0.1) is 17.5 Å². The molecule has 2 aromatic rings. The molecule has 1 N–H and O–H groups in total. The van der Waals surface area contributed by atoms with Crippen LogP contribution in [0.3, 0.4) is 0 Å². The lowest BCUT2D eigenvalue weighted by Gasteiger charge is -2.30. The molecule has 1 atom stereocenters. The monoisotopic (exact) mass is 420 g/mol. The molecule has 0 fully saturated rings. The third-order valence-electron chi connectivity index (χ3n) is 3.67. The van der Waals surface area contributed by atoms with Crippen molar-refractivity contribution < 1.29 is 26.4 Å². The molecule has 5 nitrogen and oxygen atoms in total. The number of anilines is 2. The summed E-state index contributed by atoms with van der Waals surface area (Å²) in [6.45, 7) is 1.57. The van der Waals surface area contributed by atoms with E-state index in [-0.39, 0.29) is 22.8 Å². The van der Waals surface area contributed by atoms with Crippen LogP contribution in [-0.2, 0) is 14.8 Å². The lowest BCUT2D eigenvalue weighted by molar-refractivity contribution is -0.117. The maximum absolute atomic E-state index is 13.4. The zero-order chi connectivity index (χ0) is 20.4. The van der Waals surface area contributed by atoms with Crippen molar-refractivity contribution in [3.63, 3.8) is 0 Å². The SMILES string of the molecule is CC[C@@H](C(=O)Nc1ccc(F)c(F)c1)N(c1ccc(F)c(Cl)c1)S(C)(=O)=O. The summed E-state index contributed by atoms with van der Waals surface area (Å²) in [4.78, 5) is 12.6. The summed E-state index contributed by atoms with van der Waals surface area (Å²) in [5.74, 6) is -3.76. The number of rotatable bonds is 6. The Labute approximate surface area is 159 Å². The van der Waals surface area contributed by atoms with Crippen LogP contribution in [0.1, 0.15) is 13.3 Å². The molecule has 0 unspecified atom stereocenters. The molecule has 0 heterocycles. The minimum atomic E-state index is -3.95. The van der Waals surface area contributed by atoms with Crippen molar-refractivity contribution in [2.45, 2.75) is 19.4 Å². The van der Waals surface area contributed by atoms with Crippen molar-refractivity contribution in [2.24, 2.45) is 0 Å². The molecule has 0 bridgehead atoms. The molecule has 0 aliphatic carbocycles. The van der Waals surface area contributed by atoms with Crippen molar-refractivity contribution >= 4 is 38.9 Å². The summed E-state index contributed by atoms with van der Waals surface area (Å²) in [6.07, 6.45) is 0.940. The fourth-order valence-electron chi connectivity index (χ4n) is 2.48. The number of halogens is 4. The smallest absolute Gasteiger partial charge is 0.248 e. The van der Waals surface area contributed by atoms with Gasteiger partial charge in [0.15, 0.2) is 11.6 Å². The molecular weight excluding hydrogens is 405 g/mol. The lowest BCUT2D eigenvalue weighted by Crippen LogP contribution is -2.47. The van der Waals surface area contributed by atoms with Crippen LogP contribution in [0.4, 0.5) is 24.5 Å². The topological polar surface area (TPSA) is 66.5 Å². The van der Waals surface area contributed by atoms with E-state index in [9.17, 15) is 26.4 Å². The Morgan fingerprint density at radius 2 is 1.74 bits per heavy atom. The Morgan fingerprint density at radius 1 is 1.11 bits per heavy atom. The highest BCUT2D eigenvalue weighted by Gasteiger charge is 2.32. The number of carbonyl (C=O) groups is 1. The fourth-order valence-corrected chi connectivity index (χ4v) is 3.86. The molecule has 146 valence electrons. The molecule has 0 aromatic heterocycles. The van der Waals surface area contributed by atoms with Gasteiger partial charge in [-0.2, -0.15) is 0 Å². The number of carbonyl (C=O) groups excluding carboxylic acids is 1. The van der Waals surface area contributed by atoms with Crippen molar-refractivity contribution in [1.82, 2.24) is 0 Å². The second-order valence-corrected chi connectivity index (χ2v) is 7.97. The zero-order valence-corrected chi connectivity index (χ0v) is 15.9. The van der Waals surface area contributed by atoms with Crippen molar-refractivity contribution in [2.75, 3.05) is 15.9 Å². The number of sulfonamides is 1. The third-order valence-corrected chi connectivity index (χ3v) is 5.14. The summed E-state index contributed by atoms with van der Waals surface area (Å²) in [6, 6.07) is 4.77. The first-order valence-electron chi connectivity index (χ1n) is 7.75. The number of nitrogens with one attached hydrogen (secondary N) is 1. The maximum Gasteiger partial charge on any atom is 0.248 e. The summed E-state index contributed by atoms with van der Waals surface area (Å²) in [5, 5.41) is 2.04. The van der Waals surface area contributed by atoms with Gasteiger partial charge in [0.2, 0.25) is 15.9 Å². The van der Waals surface area contributed by atoms with Gasteiger partial charge < -0.3 is 5.32 Å². The first kappa shape index (κ1) is 21.0. The van der Waals surface area contributed by atoms with Crippen molar-refractivity contribution in [3.05, 3.63) is 58.9 Å². The average molecular weight is 421 g/mol. The van der Waals surface area contributed by atoms with Crippen LogP contribution in [-0.4, -0.2) is 26.6 Å². The first-order valence-corrected chi connectivity index (χ1v) is 9.97. The Kier molecular flexibility index (Phi) is 6.38. The van der Waals surface area contributed by atoms with Crippen LogP contribution in [0.5, 0.6) is 0 Å². The number of nitrogens with zero attached hydrogens (tertiary/aromatic N) is 1. The second-order valence-electron chi connectivity index (χ2n) is 5.70. The van der Waals surface area contributed by atoms with Gasteiger partial charge in [0.05, 0.1) is 17.0 Å². The predicted molar refractivity (Wildman–Crippen MR) is 97.8 cm³/mol. The quantitative estimate of drug-likeness (QED) is 0.769. The van der Waals surface area contributed by atoms with E-state index in [1.165, 1.54) is 6.07 Å². The largest absolute Gasteiger partial charge is 0.324 e. The summed E-state index contributed by atoms with van der Waals surface area (Å²) >= 11 is 5.72. The Balaban J connectivity index is 2.40. The molecule has 27 heavy (non-hydrogen) atoms. The lowest BCUT2D eigenvalue weighted by atomic mass is 10.1. The van der Waals surface area contributed by atoms with E-state index in [0.717, 1.165) is 40.9 Å². The highest BCUT2D eigenvalue weighted by Crippen LogP contribution is 2.28. The first-order chi connectivity index (χ1) is 12.5. The van der Waals surface area contributed by atoms with Gasteiger partial charge in [-0.1, -0.05) is 18.5 Å². The highest BCUT2D eigenvalue weighted by atomic mass is 35.5. The molecule has 0 radical (unpaired) electrons. The van der Waals surface area contributed by atoms with E-state index in [0.29, 0.717) is 0 Å². The van der Waals surface area contributed by atoms with Gasteiger partial charge in [-0.3, -0.25) is 9.10 Å². The van der Waals surface area contributed by atoms with Crippen LogP contribution in [0.25, 0.3) is 0 Å². The molecule has 1 amide bonds. The number of amides is 1. The predicted octanol–water partition coefficient (Wildman–Crippen LogP) is 3.94. The minimum Gasteiger partial charge on any atom is -0.324 e. The van der Waals surface area contributed by atoms with Gasteiger partial charge in [-0.05, 0) is 36.8 Å². The van der Waals surface area contributed by atoms with Gasteiger partial charge in [0.25, 0.3) is 0 Å². The van der Waals surface area contributed by atoms with Gasteiger partial charge >= 0.3 is 0 Å². The van der Waals surface area contributed by atoms with E-state index in [2.05, 4.69) is 5.32 Å². The van der Waals surface area contributed by atoms with E-state index >= 15 is 0 Å². The Morgan fingerprint density at radius 3 is 2.26 bits per heavy atom. The number of hydrogen-bond donors (Lipinski definition) is 1. The van der Waals surface area contributed by atoms with Crippen molar-refractivity contribution in [1.29, 1.82) is 0 Å². The van der Waals surface area contributed by atoms with Crippen molar-refractivity contribution in [3.8, 4) is 0 Å². The zero-order valence-electron chi connectivity index (χ0n) is 14.3. The van der Waals surface area contributed by atoms with Gasteiger partial charge in [0.1, 0.15) is 11.9 Å². The standard InChI is InChI=1S/C17H16ClF3N2O3S/c1-3-16(17(24)22-10-4-6-14(20)15(21)8-10)23(27(2,25)26)11-5-7-13(19)12(18)9-11/h4-9,16H,3H2,1-2H3,(H,22,24)/t16-/m0/s1. The van der Waals surface area contributed by atoms with Gasteiger partial charge in [-0.15, -0.1) is 0 Å². The normalized spacial score (nSPS) is 12.5. The summed E-state index contributed by atoms with van der Waals surface area (Å²) in [5.41, 5.74) is -0.0425. The van der Waals surface area contributed by atoms with Gasteiger partial charge in [0, 0.05) is 11.8 Å². The maximum atomic E-state index is 13.4. The molecule has 2 rings (SSSR count). The van der Waals surface area contributed by atoms with Crippen LogP contribution >= 0.6 is 11.6 Å². The average Bonchev–Trinajstić information content (AvgIpc) is 2.57. The summed E-state index contributed by atoms with van der Waals surface area (Å²) < 4.78 is 65.1.